The zero-order valence-electron chi connectivity index (χ0n) is 17.9. The molecular formula is C22H19Cl2F4N3O2S2. The predicted molar refractivity (Wildman–Crippen MR) is 128 cm³/mol. The predicted octanol–water partition coefficient (Wildman–Crippen LogP) is 4.81. The van der Waals surface area contributed by atoms with Crippen LogP contribution in [0, 0.1) is 17.1 Å². The summed E-state index contributed by atoms with van der Waals surface area (Å²) in [7, 11) is -3.43. The average Bonchev–Trinajstić information content (AvgIpc) is 3.52. The van der Waals surface area contributed by atoms with Crippen molar-refractivity contribution in [3.63, 3.8) is 0 Å². The van der Waals surface area contributed by atoms with Crippen LogP contribution in [0.15, 0.2) is 42.5 Å². The number of hydrogen-bond donors (Lipinski definition) is 2. The van der Waals surface area contributed by atoms with E-state index in [-0.39, 0.29) is 21.4 Å². The van der Waals surface area contributed by atoms with Gasteiger partial charge >= 0.3 is 6.18 Å². The molecule has 13 heteroatoms. The topological polar surface area (TPSA) is 82.0 Å². The fourth-order valence-corrected chi connectivity index (χ4v) is 6.46. The Labute approximate surface area is 214 Å². The average molecular weight is 568 g/mol. The maximum absolute atomic E-state index is 14.0. The number of nitrogens with zero attached hydrogens (tertiary/aromatic N) is 1. The Bertz CT molecular complexity index is 1240. The SMILES string of the molecule is N#CC1(NC(=O)[C@H](CS(=O)(=S)Cc2c(Cl)cccc2Cl)N[C@@H](c2cccc(F)c2)C(F)(F)F)CC1. The maximum Gasteiger partial charge on any atom is 0.407 e. The summed E-state index contributed by atoms with van der Waals surface area (Å²) in [6.07, 6.45) is -4.28. The Kier molecular flexibility index (Phi) is 8.34. The molecule has 1 aliphatic rings. The van der Waals surface area contributed by atoms with Crippen molar-refractivity contribution >= 4 is 48.8 Å². The molecule has 1 unspecified atom stereocenters. The molecule has 1 aliphatic carbocycles. The van der Waals surface area contributed by atoms with Crippen LogP contribution in [0.5, 0.6) is 0 Å². The minimum atomic E-state index is -4.94. The fourth-order valence-electron chi connectivity index (χ4n) is 3.38. The minimum absolute atomic E-state index is 0.165. The second kappa shape index (κ2) is 10.6. The zero-order chi connectivity index (χ0) is 26.0. The monoisotopic (exact) mass is 567 g/mol. The summed E-state index contributed by atoms with van der Waals surface area (Å²) in [5, 5.41) is 14.2. The van der Waals surface area contributed by atoms with Crippen LogP contribution in [0.25, 0.3) is 0 Å². The van der Waals surface area contributed by atoms with Gasteiger partial charge in [0.2, 0.25) is 5.91 Å². The lowest BCUT2D eigenvalue weighted by molar-refractivity contribution is -0.160. The maximum atomic E-state index is 14.0. The molecular weight excluding hydrogens is 549 g/mol. The van der Waals surface area contributed by atoms with Gasteiger partial charge in [-0.3, -0.25) is 14.3 Å². The molecule has 2 aromatic rings. The summed E-state index contributed by atoms with van der Waals surface area (Å²) in [5.41, 5.74) is -1.44. The molecule has 0 saturated heterocycles. The minimum Gasteiger partial charge on any atom is -0.336 e. The van der Waals surface area contributed by atoms with Crippen LogP contribution < -0.4 is 10.6 Å². The van der Waals surface area contributed by atoms with E-state index in [9.17, 15) is 31.8 Å². The molecule has 0 aromatic heterocycles. The molecule has 35 heavy (non-hydrogen) atoms. The quantitative estimate of drug-likeness (QED) is 0.425. The lowest BCUT2D eigenvalue weighted by Gasteiger charge is -2.28. The summed E-state index contributed by atoms with van der Waals surface area (Å²) in [5.74, 6) is -2.94. The largest absolute Gasteiger partial charge is 0.407 e. The number of benzene rings is 2. The summed E-state index contributed by atoms with van der Waals surface area (Å²) in [6, 6.07) is 6.08. The van der Waals surface area contributed by atoms with Gasteiger partial charge in [0.1, 0.15) is 17.4 Å². The van der Waals surface area contributed by atoms with Gasteiger partial charge in [0.15, 0.2) is 0 Å². The van der Waals surface area contributed by atoms with Crippen molar-refractivity contribution in [1.29, 1.82) is 5.26 Å². The molecule has 0 heterocycles. The van der Waals surface area contributed by atoms with Crippen LogP contribution in [0.1, 0.15) is 30.0 Å². The number of amides is 1. The van der Waals surface area contributed by atoms with Gasteiger partial charge in [-0.25, -0.2) is 4.39 Å². The molecule has 2 aromatic carbocycles. The standard InChI is InChI=1S/C22H19Cl2F4N3O2S2/c23-16-5-2-6-17(24)15(16)10-35(33,34)11-18(20(32)31-21(12-29)7-8-21)30-19(22(26,27)28)13-3-1-4-14(25)9-13/h1-6,9,18-19,30H,7-8,10-11H2,(H,31,32)/t18-,19-,35?/m0/s1. The number of carbonyl (C=O) groups excluding carboxylic acids is 1. The van der Waals surface area contributed by atoms with Crippen LogP contribution in [0.3, 0.4) is 0 Å². The molecule has 0 radical (unpaired) electrons. The van der Waals surface area contributed by atoms with E-state index in [1.165, 1.54) is 12.1 Å². The Balaban J connectivity index is 1.94. The lowest BCUT2D eigenvalue weighted by Crippen LogP contribution is -2.54. The van der Waals surface area contributed by atoms with Gasteiger partial charge in [0.25, 0.3) is 0 Å². The first kappa shape index (κ1) is 27.6. The second-order valence-corrected chi connectivity index (χ2v) is 12.9. The lowest BCUT2D eigenvalue weighted by atomic mass is 10.0. The first-order valence-corrected chi connectivity index (χ1v) is 13.8. The highest BCUT2D eigenvalue weighted by Gasteiger charge is 2.48. The first-order valence-electron chi connectivity index (χ1n) is 10.2. The van der Waals surface area contributed by atoms with E-state index < -0.39 is 55.3 Å². The van der Waals surface area contributed by atoms with Crippen molar-refractivity contribution in [2.45, 2.75) is 42.4 Å². The number of halogens is 6. The van der Waals surface area contributed by atoms with Crippen LogP contribution in [-0.4, -0.2) is 33.6 Å². The third kappa shape index (κ3) is 7.27. The molecule has 0 spiro atoms. The van der Waals surface area contributed by atoms with Crippen LogP contribution >= 0.6 is 23.2 Å². The van der Waals surface area contributed by atoms with E-state index in [1.54, 1.807) is 6.07 Å². The normalized spacial score (nSPS) is 18.1. The number of carbonyl (C=O) groups is 1. The van der Waals surface area contributed by atoms with Crippen LogP contribution in [-0.2, 0) is 30.2 Å². The molecule has 5 nitrogen and oxygen atoms in total. The van der Waals surface area contributed by atoms with Crippen molar-refractivity contribution in [2.75, 3.05) is 5.75 Å². The third-order valence-electron chi connectivity index (χ3n) is 5.37. The van der Waals surface area contributed by atoms with Crippen molar-refractivity contribution in [2.24, 2.45) is 0 Å². The number of rotatable bonds is 9. The smallest absolute Gasteiger partial charge is 0.336 e. The second-order valence-electron chi connectivity index (χ2n) is 8.19. The third-order valence-corrected chi connectivity index (χ3v) is 8.41. The summed E-state index contributed by atoms with van der Waals surface area (Å²) in [4.78, 5) is 13.0. The Hall–Kier alpha value is -1.97. The molecule has 1 fully saturated rings. The van der Waals surface area contributed by atoms with Gasteiger partial charge in [-0.1, -0.05) is 41.4 Å². The zero-order valence-corrected chi connectivity index (χ0v) is 21.0. The van der Waals surface area contributed by atoms with Crippen LogP contribution in [0.4, 0.5) is 17.6 Å². The van der Waals surface area contributed by atoms with E-state index in [0.717, 1.165) is 18.2 Å². The highest BCUT2D eigenvalue weighted by atomic mass is 35.5. The molecule has 3 atom stereocenters. The van der Waals surface area contributed by atoms with Gasteiger partial charge in [-0.15, -0.1) is 0 Å². The molecule has 188 valence electrons. The first-order chi connectivity index (χ1) is 16.3. The number of nitrogens with one attached hydrogen (secondary N) is 2. The van der Waals surface area contributed by atoms with Gasteiger partial charge in [-0.05, 0) is 53.9 Å². The molecule has 0 bridgehead atoms. The van der Waals surface area contributed by atoms with Gasteiger partial charge in [0.05, 0.1) is 23.6 Å². The van der Waals surface area contributed by atoms with E-state index in [4.69, 9.17) is 34.4 Å². The van der Waals surface area contributed by atoms with E-state index >= 15 is 0 Å². The fraction of sp³-hybridized carbons (Fsp3) is 0.364. The number of nitriles is 1. The van der Waals surface area contributed by atoms with Crippen LogP contribution in [0.2, 0.25) is 10.0 Å². The summed E-state index contributed by atoms with van der Waals surface area (Å²) in [6.45, 7) is 0. The van der Waals surface area contributed by atoms with Gasteiger partial charge in [0, 0.05) is 24.1 Å². The number of hydrogen-bond acceptors (Lipinski definition) is 5. The molecule has 0 aliphatic heterocycles. The number of alkyl halides is 3. The highest BCUT2D eigenvalue weighted by molar-refractivity contribution is 8.32. The van der Waals surface area contributed by atoms with Gasteiger partial charge < -0.3 is 5.32 Å². The Morgan fingerprint density at radius 2 is 1.80 bits per heavy atom. The van der Waals surface area contributed by atoms with E-state index in [2.05, 4.69) is 10.6 Å². The van der Waals surface area contributed by atoms with Crippen molar-refractivity contribution in [3.8, 4) is 6.07 Å². The van der Waals surface area contributed by atoms with Gasteiger partial charge in [-0.2, -0.15) is 18.4 Å². The molecule has 1 amide bonds. The summed E-state index contributed by atoms with van der Waals surface area (Å²) < 4.78 is 68.9. The van der Waals surface area contributed by atoms with Crippen molar-refractivity contribution in [3.05, 3.63) is 69.5 Å². The van der Waals surface area contributed by atoms with Crippen molar-refractivity contribution in [1.82, 2.24) is 10.6 Å². The summed E-state index contributed by atoms with van der Waals surface area (Å²) >= 11 is 17.4. The molecule has 1 saturated carbocycles. The van der Waals surface area contributed by atoms with E-state index in [0.29, 0.717) is 18.9 Å². The molecule has 3 rings (SSSR count). The Morgan fingerprint density at radius 1 is 1.20 bits per heavy atom. The Morgan fingerprint density at radius 3 is 2.31 bits per heavy atom. The van der Waals surface area contributed by atoms with Crippen molar-refractivity contribution < 1.29 is 26.6 Å². The highest BCUT2D eigenvalue weighted by Crippen LogP contribution is 2.36. The molecule has 2 N–H and O–H groups in total. The van der Waals surface area contributed by atoms with E-state index in [1.807, 2.05) is 6.07 Å².